The molecule has 7 nitrogen and oxygen atoms in total. The van der Waals surface area contributed by atoms with E-state index in [1.165, 1.54) is 28.9 Å². The van der Waals surface area contributed by atoms with Crippen LogP contribution in [0.25, 0.3) is 5.65 Å². The number of carbonyl (C=O) groups is 2. The lowest BCUT2D eigenvalue weighted by atomic mass is 10.2. The first kappa shape index (κ1) is 18.2. The van der Waals surface area contributed by atoms with Crippen LogP contribution in [0.3, 0.4) is 0 Å². The minimum atomic E-state index is -0.564. The molecule has 0 saturated heterocycles. The average molecular weight is 368 g/mol. The van der Waals surface area contributed by atoms with Crippen LogP contribution in [0.2, 0.25) is 0 Å². The molecule has 8 heteroatoms. The lowest BCUT2D eigenvalue weighted by Crippen LogP contribution is -2.27. The van der Waals surface area contributed by atoms with E-state index in [1.807, 2.05) is 6.92 Å². The van der Waals surface area contributed by atoms with Gasteiger partial charge in [0.1, 0.15) is 11.5 Å². The highest BCUT2D eigenvalue weighted by Gasteiger charge is 2.15. The summed E-state index contributed by atoms with van der Waals surface area (Å²) in [6.45, 7) is 2.44. The Hall–Kier alpha value is -3.55. The van der Waals surface area contributed by atoms with Crippen LogP contribution in [-0.2, 0) is 0 Å². The largest absolute Gasteiger partial charge is 0.352 e. The number of hydrogen-bond donors (Lipinski definition) is 2. The molecular weight excluding hydrogens is 351 g/mol. The molecule has 2 heterocycles. The summed E-state index contributed by atoms with van der Waals surface area (Å²) in [5, 5.41) is 5.20. The predicted octanol–water partition coefficient (Wildman–Crippen LogP) is 2.23. The topological polar surface area (TPSA) is 92.6 Å². The number of nitrogens with one attached hydrogen (secondary N) is 2. The second-order valence-corrected chi connectivity index (χ2v) is 5.81. The summed E-state index contributed by atoms with van der Waals surface area (Å²) < 4.78 is 14.2. The van der Waals surface area contributed by atoms with Crippen molar-refractivity contribution < 1.29 is 14.0 Å². The van der Waals surface area contributed by atoms with Gasteiger partial charge in [-0.1, -0.05) is 6.92 Å². The van der Waals surface area contributed by atoms with Gasteiger partial charge in [-0.3, -0.25) is 18.8 Å². The summed E-state index contributed by atoms with van der Waals surface area (Å²) in [5.74, 6) is -1.36. The van der Waals surface area contributed by atoms with Gasteiger partial charge in [-0.2, -0.15) is 0 Å². The third-order valence-corrected chi connectivity index (χ3v) is 3.87. The molecule has 0 bridgehead atoms. The molecule has 0 spiro atoms. The van der Waals surface area contributed by atoms with Gasteiger partial charge in [-0.25, -0.2) is 9.37 Å². The van der Waals surface area contributed by atoms with Crippen LogP contribution < -0.4 is 16.2 Å². The molecule has 138 valence electrons. The zero-order valence-electron chi connectivity index (χ0n) is 14.5. The van der Waals surface area contributed by atoms with Crippen molar-refractivity contribution in [2.24, 2.45) is 0 Å². The Morgan fingerprint density at radius 3 is 2.59 bits per heavy atom. The number of benzene rings is 1. The van der Waals surface area contributed by atoms with Gasteiger partial charge in [0.05, 0.1) is 11.8 Å². The van der Waals surface area contributed by atoms with Gasteiger partial charge in [0.2, 0.25) is 0 Å². The van der Waals surface area contributed by atoms with Crippen LogP contribution in [-0.4, -0.2) is 27.7 Å². The van der Waals surface area contributed by atoms with Crippen molar-refractivity contribution in [3.63, 3.8) is 0 Å². The van der Waals surface area contributed by atoms with Crippen molar-refractivity contribution in [1.29, 1.82) is 0 Å². The quantitative estimate of drug-likeness (QED) is 0.722. The Labute approximate surface area is 153 Å². The summed E-state index contributed by atoms with van der Waals surface area (Å²) in [7, 11) is 0. The molecule has 0 fully saturated rings. The summed E-state index contributed by atoms with van der Waals surface area (Å²) in [4.78, 5) is 41.3. The standard InChI is InChI=1S/C19H17FN4O3/c1-2-9-21-18(26)14-4-3-10-24-16(14)22-11-15(19(24)27)23-17(25)12-5-7-13(20)8-6-12/h3-8,10-11H,2,9H2,1H3,(H,21,26)(H,23,25). The predicted molar refractivity (Wildman–Crippen MR) is 98.4 cm³/mol. The Bertz CT molecular complexity index is 1060. The Morgan fingerprint density at radius 1 is 1.15 bits per heavy atom. The molecule has 2 N–H and O–H groups in total. The van der Waals surface area contributed by atoms with E-state index in [2.05, 4.69) is 15.6 Å². The second kappa shape index (κ2) is 7.77. The molecule has 0 atom stereocenters. The number of nitrogens with zero attached hydrogens (tertiary/aromatic N) is 2. The highest BCUT2D eigenvalue weighted by atomic mass is 19.1. The second-order valence-electron chi connectivity index (χ2n) is 5.81. The molecular formula is C19H17FN4O3. The third kappa shape index (κ3) is 3.84. The van der Waals surface area contributed by atoms with E-state index in [1.54, 1.807) is 12.1 Å². The fraction of sp³-hybridized carbons (Fsp3) is 0.158. The van der Waals surface area contributed by atoms with Crippen LogP contribution >= 0.6 is 0 Å². The Balaban J connectivity index is 1.93. The maximum atomic E-state index is 13.0. The molecule has 1 aromatic carbocycles. The fourth-order valence-corrected chi connectivity index (χ4v) is 2.50. The highest BCUT2D eigenvalue weighted by molar-refractivity contribution is 6.04. The first-order chi connectivity index (χ1) is 13.0. The number of anilines is 1. The molecule has 0 radical (unpaired) electrons. The summed E-state index contributed by atoms with van der Waals surface area (Å²) in [6.07, 6.45) is 3.45. The van der Waals surface area contributed by atoms with Crippen molar-refractivity contribution in [2.75, 3.05) is 11.9 Å². The molecule has 27 heavy (non-hydrogen) atoms. The SMILES string of the molecule is CCCNC(=O)c1cccn2c(=O)c(NC(=O)c3ccc(F)cc3)cnc12. The maximum Gasteiger partial charge on any atom is 0.281 e. The average Bonchev–Trinajstić information content (AvgIpc) is 2.68. The van der Waals surface area contributed by atoms with Crippen LogP contribution in [0.15, 0.2) is 53.6 Å². The van der Waals surface area contributed by atoms with Gasteiger partial charge in [0.25, 0.3) is 17.4 Å². The van der Waals surface area contributed by atoms with Crippen molar-refractivity contribution in [2.45, 2.75) is 13.3 Å². The van der Waals surface area contributed by atoms with E-state index in [4.69, 9.17) is 0 Å². The van der Waals surface area contributed by atoms with Gasteiger partial charge in [0, 0.05) is 18.3 Å². The van der Waals surface area contributed by atoms with E-state index in [0.717, 1.165) is 18.6 Å². The molecule has 0 unspecified atom stereocenters. The molecule has 3 rings (SSSR count). The molecule has 2 amide bonds. The smallest absolute Gasteiger partial charge is 0.281 e. The molecule has 2 aromatic heterocycles. The van der Waals surface area contributed by atoms with E-state index in [-0.39, 0.29) is 28.4 Å². The number of hydrogen-bond acceptors (Lipinski definition) is 4. The molecule has 0 saturated carbocycles. The third-order valence-electron chi connectivity index (χ3n) is 3.87. The molecule has 0 aliphatic carbocycles. The number of pyridine rings is 1. The van der Waals surface area contributed by atoms with Gasteiger partial charge in [-0.05, 0) is 42.8 Å². The summed E-state index contributed by atoms with van der Waals surface area (Å²) in [6, 6.07) is 8.06. The zero-order chi connectivity index (χ0) is 19.4. The van der Waals surface area contributed by atoms with Crippen LogP contribution in [0.1, 0.15) is 34.1 Å². The van der Waals surface area contributed by atoms with Gasteiger partial charge in [0.15, 0.2) is 5.65 Å². The first-order valence-corrected chi connectivity index (χ1v) is 8.36. The van der Waals surface area contributed by atoms with E-state index < -0.39 is 17.3 Å². The highest BCUT2D eigenvalue weighted by Crippen LogP contribution is 2.10. The summed E-state index contributed by atoms with van der Waals surface area (Å²) in [5.41, 5.74) is 0.0810. The summed E-state index contributed by atoms with van der Waals surface area (Å²) >= 11 is 0. The fourth-order valence-electron chi connectivity index (χ4n) is 2.50. The lowest BCUT2D eigenvalue weighted by molar-refractivity contribution is 0.0953. The number of aromatic nitrogens is 2. The minimum absolute atomic E-state index is 0.0482. The molecule has 0 aliphatic heterocycles. The number of carbonyl (C=O) groups excluding carboxylic acids is 2. The number of amides is 2. The van der Waals surface area contributed by atoms with E-state index in [9.17, 15) is 18.8 Å². The van der Waals surface area contributed by atoms with Crippen LogP contribution in [0.4, 0.5) is 10.1 Å². The van der Waals surface area contributed by atoms with Crippen molar-refractivity contribution in [1.82, 2.24) is 14.7 Å². The van der Waals surface area contributed by atoms with Gasteiger partial charge >= 0.3 is 0 Å². The lowest BCUT2D eigenvalue weighted by Gasteiger charge is -2.09. The zero-order valence-corrected chi connectivity index (χ0v) is 14.5. The maximum absolute atomic E-state index is 13.0. The van der Waals surface area contributed by atoms with E-state index in [0.29, 0.717) is 6.54 Å². The van der Waals surface area contributed by atoms with Crippen molar-refractivity contribution in [3.8, 4) is 0 Å². The normalized spacial score (nSPS) is 10.6. The van der Waals surface area contributed by atoms with Crippen LogP contribution in [0.5, 0.6) is 0 Å². The number of rotatable bonds is 5. The minimum Gasteiger partial charge on any atom is -0.352 e. The van der Waals surface area contributed by atoms with Crippen LogP contribution in [0, 0.1) is 5.82 Å². The van der Waals surface area contributed by atoms with Crippen molar-refractivity contribution in [3.05, 3.63) is 76.1 Å². The molecule has 0 aliphatic rings. The number of halogens is 1. The first-order valence-electron chi connectivity index (χ1n) is 8.36. The molecule has 3 aromatic rings. The number of fused-ring (bicyclic) bond motifs is 1. The van der Waals surface area contributed by atoms with E-state index >= 15 is 0 Å². The van der Waals surface area contributed by atoms with Gasteiger partial charge < -0.3 is 10.6 Å². The Kier molecular flexibility index (Phi) is 5.25. The monoisotopic (exact) mass is 368 g/mol. The van der Waals surface area contributed by atoms with Gasteiger partial charge in [-0.15, -0.1) is 0 Å². The Morgan fingerprint density at radius 2 is 1.89 bits per heavy atom. The van der Waals surface area contributed by atoms with Crippen molar-refractivity contribution >= 4 is 23.1 Å².